The summed E-state index contributed by atoms with van der Waals surface area (Å²) < 4.78 is 0. The van der Waals surface area contributed by atoms with E-state index in [1.54, 1.807) is 12.3 Å². The molecule has 0 saturated heterocycles. The highest BCUT2D eigenvalue weighted by Gasteiger charge is 2.04. The Labute approximate surface area is 80.4 Å². The van der Waals surface area contributed by atoms with Gasteiger partial charge in [0.15, 0.2) is 5.75 Å². The number of rotatable bonds is 2. The molecule has 1 heterocycles. The quantitative estimate of drug-likeness (QED) is 0.583. The molecule has 0 saturated carbocycles. The van der Waals surface area contributed by atoms with E-state index >= 15 is 0 Å². The summed E-state index contributed by atoms with van der Waals surface area (Å²) in [7, 11) is 0. The number of carbonyl (C=O) groups excluding carboxylic acids is 1. The number of hydrogen-bond donors (Lipinski definition) is 1. The van der Waals surface area contributed by atoms with Gasteiger partial charge >= 0.3 is 5.97 Å². The van der Waals surface area contributed by atoms with Gasteiger partial charge in [-0.05, 0) is 18.2 Å². The monoisotopic (exact) mass is 191 g/mol. The van der Waals surface area contributed by atoms with Gasteiger partial charge in [0.25, 0.3) is 0 Å². The molecule has 72 valence electrons. The highest BCUT2D eigenvalue weighted by molar-refractivity contribution is 5.85. The Morgan fingerprint density at radius 1 is 1.36 bits per heavy atom. The molecule has 0 aliphatic rings. The molecule has 0 fully saturated rings. The van der Waals surface area contributed by atoms with E-state index in [0.717, 1.165) is 10.9 Å². The molecular weight excluding hydrogens is 182 g/mol. The van der Waals surface area contributed by atoms with E-state index in [-0.39, 0.29) is 0 Å². The van der Waals surface area contributed by atoms with Crippen molar-refractivity contribution in [3.05, 3.63) is 30.5 Å². The van der Waals surface area contributed by atoms with Gasteiger partial charge in [-0.3, -0.25) is 9.78 Å². The Morgan fingerprint density at radius 3 is 3.00 bits per heavy atom. The van der Waals surface area contributed by atoms with Crippen LogP contribution in [0.25, 0.3) is 10.9 Å². The number of hydrogen-bond acceptors (Lipinski definition) is 3. The zero-order chi connectivity index (χ0) is 9.97. The fourth-order valence-electron chi connectivity index (χ4n) is 1.23. The number of carbonyl (C=O) groups is 1. The predicted octanol–water partition coefficient (Wildman–Crippen LogP) is 2.02. The Kier molecular flexibility index (Phi) is 2.10. The van der Waals surface area contributed by atoms with Gasteiger partial charge in [-0.1, -0.05) is 6.07 Å². The van der Waals surface area contributed by atoms with Crippen LogP contribution < -0.4 is 4.89 Å². The van der Waals surface area contributed by atoms with E-state index in [2.05, 4.69) is 9.87 Å². The second-order valence-electron chi connectivity index (χ2n) is 2.85. The van der Waals surface area contributed by atoms with Crippen LogP contribution >= 0.6 is 0 Å². The lowest BCUT2D eigenvalue weighted by atomic mass is 10.2. The molecular formula is C10H9NO3. The number of aromatic amines is 1. The van der Waals surface area contributed by atoms with Crippen LogP contribution in [0.3, 0.4) is 0 Å². The third-order valence-electron chi connectivity index (χ3n) is 1.80. The number of aromatic nitrogens is 1. The minimum Gasteiger partial charge on any atom is -0.361 e. The van der Waals surface area contributed by atoms with Crippen molar-refractivity contribution in [1.82, 2.24) is 4.98 Å². The van der Waals surface area contributed by atoms with E-state index in [1.165, 1.54) is 6.92 Å². The summed E-state index contributed by atoms with van der Waals surface area (Å²) in [6.07, 6.45) is 1.80. The molecule has 0 unspecified atom stereocenters. The van der Waals surface area contributed by atoms with Gasteiger partial charge in [-0.25, -0.2) is 4.79 Å². The summed E-state index contributed by atoms with van der Waals surface area (Å²) in [5, 5.41) is 0.883. The van der Waals surface area contributed by atoms with Crippen LogP contribution in [-0.4, -0.2) is 11.0 Å². The first-order valence-corrected chi connectivity index (χ1v) is 4.18. The second kappa shape index (κ2) is 3.41. The molecule has 0 radical (unpaired) electrons. The standard InChI is InChI=1S/C10H9NO3/c1-7(12)13-14-10-4-2-3-9-8(10)5-6-11-9/h2-6,11H,1H3. The van der Waals surface area contributed by atoms with Crippen LogP contribution in [0.1, 0.15) is 6.92 Å². The van der Waals surface area contributed by atoms with Gasteiger partial charge in [-0.2, -0.15) is 0 Å². The lowest BCUT2D eigenvalue weighted by molar-refractivity contribution is -0.210. The maximum Gasteiger partial charge on any atom is 0.352 e. The average Bonchev–Trinajstić information content (AvgIpc) is 2.62. The zero-order valence-electron chi connectivity index (χ0n) is 7.61. The SMILES string of the molecule is CC(=O)OOc1cccc2[nH]ccc12. The summed E-state index contributed by atoms with van der Waals surface area (Å²) in [6.45, 7) is 1.29. The molecule has 0 spiro atoms. The number of H-pyrrole nitrogens is 1. The number of fused-ring (bicyclic) bond motifs is 1. The smallest absolute Gasteiger partial charge is 0.352 e. The molecule has 14 heavy (non-hydrogen) atoms. The summed E-state index contributed by atoms with van der Waals surface area (Å²) in [5.41, 5.74) is 0.939. The molecule has 0 aliphatic carbocycles. The zero-order valence-corrected chi connectivity index (χ0v) is 7.61. The maximum absolute atomic E-state index is 10.5. The molecule has 4 nitrogen and oxygen atoms in total. The minimum atomic E-state index is -0.475. The third kappa shape index (κ3) is 1.54. The van der Waals surface area contributed by atoms with E-state index in [4.69, 9.17) is 4.89 Å². The Balaban J connectivity index is 2.32. The number of benzene rings is 1. The molecule has 1 aromatic carbocycles. The number of nitrogens with one attached hydrogen (secondary N) is 1. The fraction of sp³-hybridized carbons (Fsp3) is 0.100. The topological polar surface area (TPSA) is 51.3 Å². The van der Waals surface area contributed by atoms with Crippen molar-refractivity contribution in [3.8, 4) is 5.75 Å². The van der Waals surface area contributed by atoms with Gasteiger partial charge < -0.3 is 4.98 Å². The van der Waals surface area contributed by atoms with Crippen molar-refractivity contribution < 1.29 is 14.6 Å². The second-order valence-corrected chi connectivity index (χ2v) is 2.85. The third-order valence-corrected chi connectivity index (χ3v) is 1.80. The van der Waals surface area contributed by atoms with Crippen LogP contribution in [0.4, 0.5) is 0 Å². The van der Waals surface area contributed by atoms with E-state index < -0.39 is 5.97 Å². The molecule has 0 bridgehead atoms. The summed E-state index contributed by atoms with van der Waals surface area (Å²) in [6, 6.07) is 7.32. The predicted molar refractivity (Wildman–Crippen MR) is 50.7 cm³/mol. The van der Waals surface area contributed by atoms with Crippen LogP contribution in [0.2, 0.25) is 0 Å². The molecule has 0 atom stereocenters. The van der Waals surface area contributed by atoms with Crippen LogP contribution in [0, 0.1) is 0 Å². The van der Waals surface area contributed by atoms with Crippen molar-refractivity contribution in [2.24, 2.45) is 0 Å². The molecule has 1 aromatic heterocycles. The lowest BCUT2D eigenvalue weighted by Gasteiger charge is -2.02. The van der Waals surface area contributed by atoms with Crippen molar-refractivity contribution in [2.75, 3.05) is 0 Å². The summed E-state index contributed by atoms with van der Waals surface area (Å²) >= 11 is 0. The molecule has 2 aromatic rings. The highest BCUT2D eigenvalue weighted by Crippen LogP contribution is 2.24. The maximum atomic E-state index is 10.5. The molecule has 0 amide bonds. The van der Waals surface area contributed by atoms with E-state index in [1.807, 2.05) is 18.2 Å². The summed E-state index contributed by atoms with van der Waals surface area (Å²) in [4.78, 5) is 22.9. The molecule has 4 heteroatoms. The van der Waals surface area contributed by atoms with Crippen molar-refractivity contribution in [1.29, 1.82) is 0 Å². The Bertz CT molecular complexity index is 461. The summed E-state index contributed by atoms with van der Waals surface area (Å²) in [5.74, 6) is 0.0523. The normalized spacial score (nSPS) is 10.1. The first kappa shape index (κ1) is 8.62. The first-order chi connectivity index (χ1) is 6.77. The van der Waals surface area contributed by atoms with Gasteiger partial charge in [0.1, 0.15) is 0 Å². The van der Waals surface area contributed by atoms with Gasteiger partial charge in [-0.15, -0.1) is 0 Å². The van der Waals surface area contributed by atoms with Gasteiger partial charge in [0, 0.05) is 24.0 Å². The molecule has 2 rings (SSSR count). The van der Waals surface area contributed by atoms with Crippen LogP contribution in [-0.2, 0) is 9.68 Å². The highest BCUT2D eigenvalue weighted by atomic mass is 17.2. The van der Waals surface area contributed by atoms with Gasteiger partial charge in [0.05, 0.1) is 0 Å². The first-order valence-electron chi connectivity index (χ1n) is 4.18. The van der Waals surface area contributed by atoms with E-state index in [0.29, 0.717) is 5.75 Å². The van der Waals surface area contributed by atoms with Gasteiger partial charge in [0.2, 0.25) is 0 Å². The Morgan fingerprint density at radius 2 is 2.21 bits per heavy atom. The molecule has 1 N–H and O–H groups in total. The fourth-order valence-corrected chi connectivity index (χ4v) is 1.23. The van der Waals surface area contributed by atoms with Crippen molar-refractivity contribution in [2.45, 2.75) is 6.92 Å². The largest absolute Gasteiger partial charge is 0.361 e. The molecule has 0 aliphatic heterocycles. The van der Waals surface area contributed by atoms with Crippen LogP contribution in [0.15, 0.2) is 30.5 Å². The van der Waals surface area contributed by atoms with E-state index in [9.17, 15) is 4.79 Å². The van der Waals surface area contributed by atoms with Crippen molar-refractivity contribution in [3.63, 3.8) is 0 Å². The van der Waals surface area contributed by atoms with Crippen LogP contribution in [0.5, 0.6) is 5.75 Å². The minimum absolute atomic E-state index is 0.475. The Hall–Kier alpha value is -1.97. The average molecular weight is 191 g/mol. The lowest BCUT2D eigenvalue weighted by Crippen LogP contribution is -2.02. The van der Waals surface area contributed by atoms with Crippen molar-refractivity contribution >= 4 is 16.9 Å².